The van der Waals surface area contributed by atoms with Gasteiger partial charge in [0.15, 0.2) is 0 Å². The van der Waals surface area contributed by atoms with Gasteiger partial charge in [0.1, 0.15) is 10.9 Å². The first kappa shape index (κ1) is 15.6. The summed E-state index contributed by atoms with van der Waals surface area (Å²) in [5, 5.41) is -1.03. The van der Waals surface area contributed by atoms with Crippen LogP contribution in [-0.4, -0.2) is 24.2 Å². The van der Waals surface area contributed by atoms with Crippen LogP contribution in [0.1, 0.15) is 40.0 Å². The summed E-state index contributed by atoms with van der Waals surface area (Å²) in [6.45, 7) is 9.32. The highest BCUT2D eigenvalue weighted by atomic mass is 31.2. The molecule has 0 bridgehead atoms. The van der Waals surface area contributed by atoms with Crippen molar-refractivity contribution < 1.29 is 18.4 Å². The molecule has 0 heterocycles. The number of rotatable bonds is 7. The molecule has 1 aliphatic carbocycles. The van der Waals surface area contributed by atoms with Crippen molar-refractivity contribution >= 4 is 13.4 Å². The van der Waals surface area contributed by atoms with Crippen molar-refractivity contribution in [3.05, 3.63) is 12.7 Å². The van der Waals surface area contributed by atoms with Crippen molar-refractivity contribution in [3.8, 4) is 0 Å². The van der Waals surface area contributed by atoms with Gasteiger partial charge in [-0.2, -0.15) is 0 Å². The minimum absolute atomic E-state index is 0.116. The van der Waals surface area contributed by atoms with Gasteiger partial charge in [-0.1, -0.05) is 12.5 Å². The summed E-state index contributed by atoms with van der Waals surface area (Å²) in [5.41, 5.74) is 0. The predicted molar refractivity (Wildman–Crippen MR) is 71.8 cm³/mol. The van der Waals surface area contributed by atoms with E-state index in [2.05, 4.69) is 6.58 Å². The van der Waals surface area contributed by atoms with Gasteiger partial charge in [-0.15, -0.1) is 6.58 Å². The van der Waals surface area contributed by atoms with E-state index in [0.29, 0.717) is 6.42 Å². The fourth-order valence-electron chi connectivity index (χ4n) is 2.91. The highest BCUT2D eigenvalue weighted by Gasteiger charge is 2.60. The number of allylic oxidation sites excluding steroid dienone is 1. The van der Waals surface area contributed by atoms with Crippen LogP contribution in [0.4, 0.5) is 0 Å². The minimum atomic E-state index is -3.45. The second kappa shape index (κ2) is 6.14. The van der Waals surface area contributed by atoms with Crippen LogP contribution in [0.2, 0.25) is 0 Å². The van der Waals surface area contributed by atoms with E-state index in [1.807, 2.05) is 0 Å². The summed E-state index contributed by atoms with van der Waals surface area (Å²) in [7, 11) is -3.45. The van der Waals surface area contributed by atoms with Crippen LogP contribution in [0, 0.1) is 5.92 Å². The number of hydrogen-bond donors (Lipinski definition) is 0. The summed E-state index contributed by atoms with van der Waals surface area (Å²) >= 11 is 0. The van der Waals surface area contributed by atoms with Crippen LogP contribution in [0.25, 0.3) is 0 Å². The summed E-state index contributed by atoms with van der Waals surface area (Å²) in [4.78, 5) is 12.2. The van der Waals surface area contributed by atoms with Crippen molar-refractivity contribution in [2.75, 3.05) is 13.2 Å². The molecule has 0 aromatic rings. The van der Waals surface area contributed by atoms with E-state index in [0.717, 1.165) is 12.8 Å². The number of carbonyl (C=O) groups is 1. The highest BCUT2D eigenvalue weighted by molar-refractivity contribution is 7.57. The van der Waals surface area contributed by atoms with Gasteiger partial charge < -0.3 is 9.05 Å². The normalized spacial score (nSPS) is 28.3. The Hall–Kier alpha value is -0.440. The molecule has 0 spiro atoms. The van der Waals surface area contributed by atoms with E-state index in [1.165, 1.54) is 6.92 Å². The second-order valence-electron chi connectivity index (χ2n) is 4.55. The first-order valence-corrected chi connectivity index (χ1v) is 8.05. The summed E-state index contributed by atoms with van der Waals surface area (Å²) < 4.78 is 23.9. The van der Waals surface area contributed by atoms with Gasteiger partial charge in [0.25, 0.3) is 0 Å². The summed E-state index contributed by atoms with van der Waals surface area (Å²) in [6, 6.07) is 0. The van der Waals surface area contributed by atoms with E-state index in [-0.39, 0.29) is 24.9 Å². The third kappa shape index (κ3) is 2.34. The van der Waals surface area contributed by atoms with Gasteiger partial charge >= 0.3 is 7.60 Å². The monoisotopic (exact) mass is 274 g/mol. The number of ketones is 1. The first-order chi connectivity index (χ1) is 8.48. The number of Topliss-reactive ketones (excluding diaryl/α,β-unsaturated/α-hetero) is 1. The zero-order valence-electron chi connectivity index (χ0n) is 11.5. The zero-order valence-corrected chi connectivity index (χ0v) is 12.4. The molecule has 1 aliphatic rings. The standard InChI is InChI=1S/C13H23O4P/c1-5-12-9-8-10-13(12,11(4)14)18(15,16-6-2)17-7-3/h5,12H,1,6-10H2,2-4H3/t12-,13+/m0/s1. The SMILES string of the molecule is C=C[C@H]1CCC[C@]1(C(C)=O)P(=O)(OCC)OCC. The Morgan fingerprint density at radius 1 is 1.44 bits per heavy atom. The molecule has 0 unspecified atom stereocenters. The van der Waals surface area contributed by atoms with E-state index in [4.69, 9.17) is 9.05 Å². The molecule has 0 aliphatic heterocycles. The van der Waals surface area contributed by atoms with Crippen LogP contribution in [0.5, 0.6) is 0 Å². The van der Waals surface area contributed by atoms with Gasteiger partial charge in [-0.25, -0.2) is 0 Å². The Bertz CT molecular complexity index is 356. The lowest BCUT2D eigenvalue weighted by Gasteiger charge is -2.37. The largest absolute Gasteiger partial charge is 0.344 e. The molecular formula is C13H23O4P. The highest BCUT2D eigenvalue weighted by Crippen LogP contribution is 2.68. The van der Waals surface area contributed by atoms with Crippen molar-refractivity contribution in [1.29, 1.82) is 0 Å². The van der Waals surface area contributed by atoms with Crippen molar-refractivity contribution in [2.45, 2.75) is 45.2 Å². The lowest BCUT2D eigenvalue weighted by molar-refractivity contribution is -0.120. The minimum Gasteiger partial charge on any atom is -0.308 e. The summed E-state index contributed by atoms with van der Waals surface area (Å²) in [6.07, 6.45) is 3.93. The van der Waals surface area contributed by atoms with Crippen LogP contribution < -0.4 is 0 Å². The Labute approximate surface area is 109 Å². The Kier molecular flexibility index (Phi) is 5.32. The van der Waals surface area contributed by atoms with Crippen LogP contribution >= 0.6 is 7.60 Å². The zero-order chi connectivity index (χ0) is 13.8. The van der Waals surface area contributed by atoms with Crippen LogP contribution in [0.3, 0.4) is 0 Å². The molecule has 0 aromatic heterocycles. The Balaban J connectivity index is 3.28. The molecule has 0 N–H and O–H groups in total. The lowest BCUT2D eigenvalue weighted by Crippen LogP contribution is -2.41. The molecule has 104 valence electrons. The smallest absolute Gasteiger partial charge is 0.308 e. The average Bonchev–Trinajstić information content (AvgIpc) is 2.74. The fraction of sp³-hybridized carbons (Fsp3) is 0.769. The van der Waals surface area contributed by atoms with E-state index < -0.39 is 12.8 Å². The molecule has 1 fully saturated rings. The molecule has 18 heavy (non-hydrogen) atoms. The van der Waals surface area contributed by atoms with Gasteiger partial charge in [0.05, 0.1) is 13.2 Å². The van der Waals surface area contributed by atoms with Gasteiger partial charge in [-0.3, -0.25) is 9.36 Å². The van der Waals surface area contributed by atoms with E-state index in [9.17, 15) is 9.36 Å². The summed E-state index contributed by atoms with van der Waals surface area (Å²) in [5.74, 6) is -0.242. The molecular weight excluding hydrogens is 251 g/mol. The van der Waals surface area contributed by atoms with Crippen molar-refractivity contribution in [1.82, 2.24) is 0 Å². The molecule has 0 aromatic carbocycles. The lowest BCUT2D eigenvalue weighted by atomic mass is 9.91. The van der Waals surface area contributed by atoms with Crippen molar-refractivity contribution in [2.24, 2.45) is 5.92 Å². The molecule has 1 saturated carbocycles. The Morgan fingerprint density at radius 2 is 2.00 bits per heavy atom. The van der Waals surface area contributed by atoms with Gasteiger partial charge in [0, 0.05) is 5.92 Å². The van der Waals surface area contributed by atoms with Gasteiger partial charge in [0.2, 0.25) is 0 Å². The third-order valence-electron chi connectivity index (χ3n) is 3.67. The molecule has 0 radical (unpaired) electrons. The maximum atomic E-state index is 13.0. The first-order valence-electron chi connectivity index (χ1n) is 6.51. The third-order valence-corrected chi connectivity index (χ3v) is 6.71. The number of hydrogen-bond acceptors (Lipinski definition) is 4. The molecule has 5 heteroatoms. The molecule has 2 atom stereocenters. The topological polar surface area (TPSA) is 52.6 Å². The van der Waals surface area contributed by atoms with Crippen LogP contribution in [-0.2, 0) is 18.4 Å². The molecule has 4 nitrogen and oxygen atoms in total. The van der Waals surface area contributed by atoms with Crippen molar-refractivity contribution in [3.63, 3.8) is 0 Å². The van der Waals surface area contributed by atoms with E-state index >= 15 is 0 Å². The Morgan fingerprint density at radius 3 is 2.39 bits per heavy atom. The average molecular weight is 274 g/mol. The van der Waals surface area contributed by atoms with Crippen LogP contribution in [0.15, 0.2) is 12.7 Å². The van der Waals surface area contributed by atoms with Gasteiger partial charge in [-0.05, 0) is 33.6 Å². The quantitative estimate of drug-likeness (QED) is 0.526. The number of carbonyl (C=O) groups excluding carboxylic acids is 1. The molecule has 0 saturated heterocycles. The maximum absolute atomic E-state index is 13.0. The fourth-order valence-corrected chi connectivity index (χ4v) is 5.58. The predicted octanol–water partition coefficient (Wildman–Crippen LogP) is 3.57. The van der Waals surface area contributed by atoms with E-state index in [1.54, 1.807) is 19.9 Å². The molecule has 1 rings (SSSR count). The second-order valence-corrected chi connectivity index (χ2v) is 6.86. The molecule has 0 amide bonds. The maximum Gasteiger partial charge on any atom is 0.344 e.